The van der Waals surface area contributed by atoms with Crippen LogP contribution in [-0.2, 0) is 5.41 Å². The Morgan fingerprint density at radius 2 is 0.956 bits per heavy atom. The van der Waals surface area contributed by atoms with E-state index >= 15 is 0 Å². The van der Waals surface area contributed by atoms with Gasteiger partial charge in [-0.3, -0.25) is 0 Å². The summed E-state index contributed by atoms with van der Waals surface area (Å²) in [5.41, 5.74) is 11.8. The molecule has 0 N–H and O–H groups in total. The molecule has 1 aromatic heterocycles. The van der Waals surface area contributed by atoms with Crippen molar-refractivity contribution in [3.63, 3.8) is 0 Å². The lowest BCUT2D eigenvalue weighted by molar-refractivity contribution is 0.672. The van der Waals surface area contributed by atoms with E-state index in [1.54, 1.807) is 0 Å². The third-order valence-electron chi connectivity index (χ3n) is 9.72. The number of hydrogen-bond donors (Lipinski definition) is 0. The molecule has 0 unspecified atom stereocenters. The molecule has 45 heavy (non-hydrogen) atoms. The first-order valence-electron chi connectivity index (χ1n) is 15.6. The largest absolute Gasteiger partial charge is 0.150 e. The molecule has 1 heterocycles. The van der Waals surface area contributed by atoms with Crippen LogP contribution < -0.4 is 0 Å². The van der Waals surface area contributed by atoms with Gasteiger partial charge < -0.3 is 0 Å². The summed E-state index contributed by atoms with van der Waals surface area (Å²) in [7, 11) is 0. The number of hydrogen-bond acceptors (Lipinski definition) is 2. The van der Waals surface area contributed by atoms with Crippen molar-refractivity contribution in [2.75, 3.05) is 0 Å². The summed E-state index contributed by atoms with van der Waals surface area (Å²) in [6, 6.07) is 52.4. The van der Waals surface area contributed by atoms with Crippen LogP contribution in [0.4, 0.5) is 0 Å². The zero-order valence-electron chi connectivity index (χ0n) is 25.3. The Morgan fingerprint density at radius 1 is 0.400 bits per heavy atom. The monoisotopic (exact) mass is 574 g/mol. The highest BCUT2D eigenvalue weighted by Gasteiger charge is 2.39. The number of rotatable bonds is 3. The fourth-order valence-electron chi connectivity index (χ4n) is 7.67. The molecule has 0 saturated heterocycles. The molecule has 2 heteroatoms. The van der Waals surface area contributed by atoms with Crippen LogP contribution in [0.1, 0.15) is 25.0 Å². The molecule has 1 aliphatic carbocycles. The maximum atomic E-state index is 4.52. The lowest BCUT2D eigenvalue weighted by Crippen LogP contribution is -2.16. The fourth-order valence-corrected chi connectivity index (χ4v) is 7.67. The Labute approximate surface area is 262 Å². The minimum Gasteiger partial charge on any atom is -0.150 e. The molecule has 0 atom stereocenters. The second-order valence-corrected chi connectivity index (χ2v) is 12.6. The molecule has 0 spiro atoms. The minimum absolute atomic E-state index is 0.131. The summed E-state index contributed by atoms with van der Waals surface area (Å²) in [6.07, 6.45) is 0. The zero-order valence-corrected chi connectivity index (χ0v) is 25.3. The van der Waals surface area contributed by atoms with Crippen LogP contribution in [0.2, 0.25) is 0 Å². The number of nitrogens with zero attached hydrogens (tertiary/aromatic N) is 2. The van der Waals surface area contributed by atoms with E-state index in [0.29, 0.717) is 0 Å². The van der Waals surface area contributed by atoms with Crippen molar-refractivity contribution >= 4 is 32.3 Å². The number of fused-ring (bicyclic) bond motifs is 10. The van der Waals surface area contributed by atoms with Crippen LogP contribution in [0.25, 0.3) is 77.1 Å². The van der Waals surface area contributed by atoms with Crippen LogP contribution in [-0.4, -0.2) is 10.2 Å². The van der Waals surface area contributed by atoms with Crippen LogP contribution in [0, 0.1) is 0 Å². The predicted molar refractivity (Wildman–Crippen MR) is 188 cm³/mol. The second kappa shape index (κ2) is 9.70. The third kappa shape index (κ3) is 3.89. The molecule has 2 nitrogen and oxygen atoms in total. The fraction of sp³-hybridized carbons (Fsp3) is 0.0698. The highest BCUT2D eigenvalue weighted by atomic mass is 15.1. The molecular weight excluding hydrogens is 544 g/mol. The summed E-state index contributed by atoms with van der Waals surface area (Å²) in [5.74, 6) is 0. The van der Waals surface area contributed by atoms with Gasteiger partial charge in [-0.2, -0.15) is 0 Å². The summed E-state index contributed by atoms with van der Waals surface area (Å²) in [4.78, 5) is 0. The molecule has 0 aliphatic heterocycles. The van der Waals surface area contributed by atoms with Crippen molar-refractivity contribution < 1.29 is 0 Å². The molecule has 0 saturated carbocycles. The van der Waals surface area contributed by atoms with Crippen molar-refractivity contribution in [2.24, 2.45) is 0 Å². The van der Waals surface area contributed by atoms with E-state index in [4.69, 9.17) is 0 Å². The molecule has 1 aliphatic rings. The highest BCUT2D eigenvalue weighted by molar-refractivity contribution is 6.19. The maximum absolute atomic E-state index is 4.52. The van der Waals surface area contributed by atoms with Crippen LogP contribution in [0.15, 0.2) is 146 Å². The topological polar surface area (TPSA) is 25.8 Å². The van der Waals surface area contributed by atoms with E-state index in [2.05, 4.69) is 139 Å². The quantitative estimate of drug-likeness (QED) is 0.196. The van der Waals surface area contributed by atoms with Gasteiger partial charge in [-0.25, -0.2) is 0 Å². The average Bonchev–Trinajstić information content (AvgIpc) is 3.36. The van der Waals surface area contributed by atoms with Crippen LogP contribution in [0.3, 0.4) is 0 Å². The molecule has 0 amide bonds. The van der Waals surface area contributed by atoms with Crippen molar-refractivity contribution in [1.29, 1.82) is 0 Å². The summed E-state index contributed by atoms with van der Waals surface area (Å²) in [6.45, 7) is 4.81. The number of aromatic nitrogens is 2. The normalized spacial score (nSPS) is 13.3. The second-order valence-electron chi connectivity index (χ2n) is 12.6. The molecule has 212 valence electrons. The summed E-state index contributed by atoms with van der Waals surface area (Å²) < 4.78 is 0. The van der Waals surface area contributed by atoms with Gasteiger partial charge in [-0.1, -0.05) is 141 Å². The third-order valence-corrected chi connectivity index (χ3v) is 9.72. The predicted octanol–water partition coefficient (Wildman–Crippen LogP) is 11.2. The Hall–Kier alpha value is -5.60. The van der Waals surface area contributed by atoms with Gasteiger partial charge in [-0.15, -0.1) is 10.2 Å². The van der Waals surface area contributed by atoms with Gasteiger partial charge in [0.2, 0.25) is 0 Å². The maximum Gasteiger partial charge on any atom is 0.0930 e. The SMILES string of the molecule is CC1(C)c2c(ccc3cc(-c4ccc(-c5ccc(-c6ccccc6)nn5)cc4)ccc23)-c2c1c1ccccc1c1ccccc21. The van der Waals surface area contributed by atoms with Gasteiger partial charge >= 0.3 is 0 Å². The van der Waals surface area contributed by atoms with Gasteiger partial charge in [0.05, 0.1) is 11.4 Å². The minimum atomic E-state index is -0.131. The first kappa shape index (κ1) is 25.9. The first-order valence-corrected chi connectivity index (χ1v) is 15.6. The van der Waals surface area contributed by atoms with Gasteiger partial charge in [0.15, 0.2) is 0 Å². The van der Waals surface area contributed by atoms with Crippen molar-refractivity contribution in [3.8, 4) is 44.8 Å². The van der Waals surface area contributed by atoms with Crippen LogP contribution in [0.5, 0.6) is 0 Å². The van der Waals surface area contributed by atoms with Gasteiger partial charge in [0.25, 0.3) is 0 Å². The smallest absolute Gasteiger partial charge is 0.0930 e. The molecule has 0 bridgehead atoms. The summed E-state index contributed by atoms with van der Waals surface area (Å²) >= 11 is 0. The van der Waals surface area contributed by atoms with Gasteiger partial charge in [-0.05, 0) is 83.9 Å². The standard InChI is InChI=1S/C43H30N2/c1-43(2)41-32-22-20-30(27-16-18-29(19-17-27)39-25-24-38(44-45-39)28-10-4-3-5-11-28)26-31(32)21-23-37(41)40-35-14-8-6-12-33(35)34-13-7-9-15-36(34)42(40)43/h3-26H,1-2H3. The lowest BCUT2D eigenvalue weighted by atomic mass is 9.77. The lowest BCUT2D eigenvalue weighted by Gasteiger charge is -2.25. The highest BCUT2D eigenvalue weighted by Crippen LogP contribution is 2.56. The van der Waals surface area contributed by atoms with E-state index < -0.39 is 0 Å². The summed E-state index contributed by atoms with van der Waals surface area (Å²) in [5, 5.41) is 17.0. The first-order chi connectivity index (χ1) is 22.1. The Kier molecular flexibility index (Phi) is 5.58. The molecule has 7 aromatic carbocycles. The average molecular weight is 575 g/mol. The zero-order chi connectivity index (χ0) is 30.1. The molecule has 9 rings (SSSR count). The Morgan fingerprint density at radius 3 is 1.64 bits per heavy atom. The van der Waals surface area contributed by atoms with Gasteiger partial charge in [0.1, 0.15) is 0 Å². The molecular formula is C43H30N2. The molecule has 0 fully saturated rings. The van der Waals surface area contributed by atoms with E-state index in [1.165, 1.54) is 65.7 Å². The Bertz CT molecular complexity index is 2420. The van der Waals surface area contributed by atoms with Crippen molar-refractivity contribution in [3.05, 3.63) is 157 Å². The molecule has 0 radical (unpaired) electrons. The van der Waals surface area contributed by atoms with E-state index in [9.17, 15) is 0 Å². The Balaban J connectivity index is 1.11. The van der Waals surface area contributed by atoms with Crippen molar-refractivity contribution in [2.45, 2.75) is 19.3 Å². The van der Waals surface area contributed by atoms with E-state index in [-0.39, 0.29) is 5.41 Å². The molecule has 8 aromatic rings. The van der Waals surface area contributed by atoms with Crippen LogP contribution >= 0.6 is 0 Å². The van der Waals surface area contributed by atoms with Gasteiger partial charge in [0, 0.05) is 16.5 Å². The van der Waals surface area contributed by atoms with Crippen molar-refractivity contribution in [1.82, 2.24) is 10.2 Å². The van der Waals surface area contributed by atoms with E-state index in [1.807, 2.05) is 30.3 Å². The number of benzene rings is 7. The van der Waals surface area contributed by atoms with E-state index in [0.717, 1.165) is 22.5 Å².